The van der Waals surface area contributed by atoms with Gasteiger partial charge in [0.05, 0.1) is 0 Å². The Morgan fingerprint density at radius 2 is 1.67 bits per heavy atom. The molecule has 0 unspecified atom stereocenters. The summed E-state index contributed by atoms with van der Waals surface area (Å²) in [5.41, 5.74) is 0. The summed E-state index contributed by atoms with van der Waals surface area (Å²) in [4.78, 5) is 9.00. The van der Waals surface area contributed by atoms with Crippen LogP contribution in [-0.4, -0.2) is 11.1 Å². The van der Waals surface area contributed by atoms with Crippen molar-refractivity contribution in [2.75, 3.05) is 0 Å². The molecule has 40 valence electrons. The second-order valence-electron chi connectivity index (χ2n) is 0.519. The maximum atomic E-state index is 9.00. The van der Waals surface area contributed by atoms with Gasteiger partial charge in [-0.3, -0.25) is 4.79 Å². The zero-order chi connectivity index (χ0) is 5.58. The molecule has 0 aromatic heterocycles. The third-order valence-electron chi connectivity index (χ3n) is 0. The summed E-state index contributed by atoms with van der Waals surface area (Å²) in [6.45, 7) is 1.08. The molecule has 0 heterocycles. The minimum atomic E-state index is -0.833. The number of hydrogen-bond acceptors (Lipinski definition) is 2. The van der Waals surface area contributed by atoms with Crippen molar-refractivity contribution >= 4 is 5.97 Å². The normalized spacial score (nSPS) is 5.17. The fraction of sp³-hybridized carbons (Fsp3) is 0.500. The molecular formula is C2H4O3Pd. The molecule has 0 aromatic rings. The van der Waals surface area contributed by atoms with Crippen molar-refractivity contribution in [2.24, 2.45) is 0 Å². The molecule has 0 aromatic carbocycles. The molecule has 0 saturated carbocycles. The quantitative estimate of drug-likeness (QED) is 0.535. The third-order valence-corrected chi connectivity index (χ3v) is 0. The van der Waals surface area contributed by atoms with Crippen LogP contribution in [0.4, 0.5) is 0 Å². The van der Waals surface area contributed by atoms with Gasteiger partial charge in [-0.15, -0.1) is 0 Å². The standard InChI is InChI=1S/C2H4O2.O.Pd/c1-2(3)4;;/h1H3,(H,3,4);;. The summed E-state index contributed by atoms with van der Waals surface area (Å²) in [6.07, 6.45) is 0. The van der Waals surface area contributed by atoms with E-state index < -0.39 is 5.97 Å². The van der Waals surface area contributed by atoms with Crippen LogP contribution >= 0.6 is 0 Å². The minimum absolute atomic E-state index is 0.833. The first-order valence-corrected chi connectivity index (χ1v) is 1.69. The van der Waals surface area contributed by atoms with E-state index in [0.29, 0.717) is 0 Å². The zero-order valence-electron chi connectivity index (χ0n) is 3.08. The van der Waals surface area contributed by atoms with E-state index in [2.05, 4.69) is 0 Å². The van der Waals surface area contributed by atoms with E-state index in [1.54, 1.807) is 0 Å². The Morgan fingerprint density at radius 1 is 1.67 bits per heavy atom. The zero-order valence-corrected chi connectivity index (χ0v) is 4.63. The molecule has 6 heavy (non-hydrogen) atoms. The first-order valence-electron chi connectivity index (χ1n) is 1.06. The Hall–Kier alpha value is -0.0677. The second-order valence-corrected chi connectivity index (χ2v) is 0.519. The van der Waals surface area contributed by atoms with E-state index in [1.807, 2.05) is 0 Å². The number of carboxylic acid groups (broad SMARTS) is 1. The number of aliphatic carboxylic acids is 1. The molecule has 3 nitrogen and oxygen atoms in total. The van der Waals surface area contributed by atoms with Crippen LogP contribution in [-0.2, 0) is 27.4 Å². The van der Waals surface area contributed by atoms with Crippen molar-refractivity contribution in [2.45, 2.75) is 6.92 Å². The van der Waals surface area contributed by atoms with Crippen LogP contribution in [0.1, 0.15) is 6.92 Å². The van der Waals surface area contributed by atoms with Crippen molar-refractivity contribution in [3.8, 4) is 0 Å². The van der Waals surface area contributed by atoms with Gasteiger partial charge in [-0.05, 0) is 0 Å². The number of carboxylic acids is 1. The Balaban J connectivity index is 0. The van der Waals surface area contributed by atoms with E-state index in [-0.39, 0.29) is 0 Å². The predicted octanol–water partition coefficient (Wildman–Crippen LogP) is -0.0304. The summed E-state index contributed by atoms with van der Waals surface area (Å²) in [7, 11) is 0. The van der Waals surface area contributed by atoms with E-state index in [4.69, 9.17) is 13.4 Å². The molecule has 0 spiro atoms. The summed E-state index contributed by atoms with van der Waals surface area (Å²) in [5, 5.41) is 7.42. The van der Waals surface area contributed by atoms with Crippen molar-refractivity contribution in [3.63, 3.8) is 0 Å². The van der Waals surface area contributed by atoms with Crippen LogP contribution < -0.4 is 0 Å². The molecular weight excluding hydrogens is 178 g/mol. The molecule has 1 N–H and O–H groups in total. The summed E-state index contributed by atoms with van der Waals surface area (Å²) in [5.74, 6) is -0.833. The molecule has 0 fully saturated rings. The SMILES string of the molecule is CC(=O)O.[O]=[Pd]. The van der Waals surface area contributed by atoms with E-state index in [1.165, 1.54) is 19.2 Å². The fourth-order valence-corrected chi connectivity index (χ4v) is 0. The first kappa shape index (κ1) is 9.33. The number of rotatable bonds is 0. The molecule has 0 saturated heterocycles. The molecule has 0 aliphatic heterocycles. The second kappa shape index (κ2) is 8.87. The Labute approximate surface area is 46.1 Å². The van der Waals surface area contributed by atoms with Gasteiger partial charge in [0, 0.05) is 6.92 Å². The Bertz CT molecular complexity index is 40.1. The molecule has 0 atom stereocenters. The van der Waals surface area contributed by atoms with Gasteiger partial charge in [-0.25, -0.2) is 0 Å². The van der Waals surface area contributed by atoms with Gasteiger partial charge in [0.1, 0.15) is 0 Å². The molecule has 0 radical (unpaired) electrons. The van der Waals surface area contributed by atoms with Gasteiger partial charge in [-0.2, -0.15) is 0 Å². The van der Waals surface area contributed by atoms with Gasteiger partial charge in [0.2, 0.25) is 0 Å². The Morgan fingerprint density at radius 3 is 1.67 bits per heavy atom. The van der Waals surface area contributed by atoms with Crippen LogP contribution in [0.2, 0.25) is 0 Å². The van der Waals surface area contributed by atoms with Gasteiger partial charge in [0.25, 0.3) is 5.97 Å². The predicted molar refractivity (Wildman–Crippen MR) is 14.0 cm³/mol. The number of carbonyl (C=O) groups is 1. The summed E-state index contributed by atoms with van der Waals surface area (Å²) < 4.78 is 8.10. The summed E-state index contributed by atoms with van der Waals surface area (Å²) in [6, 6.07) is 0. The molecule has 0 amide bonds. The molecule has 4 heteroatoms. The summed E-state index contributed by atoms with van der Waals surface area (Å²) >= 11 is 1.50. The van der Waals surface area contributed by atoms with Crippen molar-refractivity contribution in [1.29, 1.82) is 0 Å². The molecule has 0 aliphatic rings. The molecule has 0 bridgehead atoms. The van der Waals surface area contributed by atoms with Crippen LogP contribution in [0, 0.1) is 0 Å². The van der Waals surface area contributed by atoms with Crippen LogP contribution in [0.5, 0.6) is 0 Å². The average Bonchev–Trinajstić information content (AvgIpc) is 1.41. The first-order chi connectivity index (χ1) is 2.73. The van der Waals surface area contributed by atoms with Crippen molar-refractivity contribution < 1.29 is 32.5 Å². The van der Waals surface area contributed by atoms with Crippen molar-refractivity contribution in [3.05, 3.63) is 0 Å². The van der Waals surface area contributed by atoms with E-state index in [9.17, 15) is 0 Å². The maximum absolute atomic E-state index is 9.00. The van der Waals surface area contributed by atoms with Gasteiger partial charge < -0.3 is 5.11 Å². The van der Waals surface area contributed by atoms with Crippen LogP contribution in [0.25, 0.3) is 0 Å². The topological polar surface area (TPSA) is 54.4 Å². The fourth-order valence-electron chi connectivity index (χ4n) is 0. The van der Waals surface area contributed by atoms with Gasteiger partial charge in [0.15, 0.2) is 0 Å². The van der Waals surface area contributed by atoms with Crippen LogP contribution in [0.15, 0.2) is 0 Å². The average molecular weight is 182 g/mol. The van der Waals surface area contributed by atoms with E-state index in [0.717, 1.165) is 6.92 Å². The molecule has 0 rings (SSSR count). The number of hydrogen-bond donors (Lipinski definition) is 1. The Kier molecular flexibility index (Phi) is 13.8. The van der Waals surface area contributed by atoms with E-state index >= 15 is 0 Å². The monoisotopic (exact) mass is 182 g/mol. The van der Waals surface area contributed by atoms with Gasteiger partial charge in [-0.1, -0.05) is 0 Å². The van der Waals surface area contributed by atoms with Gasteiger partial charge >= 0.3 is 22.6 Å². The van der Waals surface area contributed by atoms with Crippen molar-refractivity contribution in [1.82, 2.24) is 0 Å². The molecule has 0 aliphatic carbocycles. The van der Waals surface area contributed by atoms with Crippen LogP contribution in [0.3, 0.4) is 0 Å². The third kappa shape index (κ3) is 7390.